The van der Waals surface area contributed by atoms with E-state index >= 15 is 0 Å². The van der Waals surface area contributed by atoms with E-state index in [9.17, 15) is 20.0 Å². The third-order valence-corrected chi connectivity index (χ3v) is 3.25. The van der Waals surface area contributed by atoms with Gasteiger partial charge in [-0.2, -0.15) is 0 Å². The molecule has 7 heteroatoms. The van der Waals surface area contributed by atoms with E-state index < -0.39 is 10.9 Å². The number of hydrogen-bond donors (Lipinski definition) is 3. The first-order valence-corrected chi connectivity index (χ1v) is 6.56. The van der Waals surface area contributed by atoms with Crippen molar-refractivity contribution in [3.05, 3.63) is 33.9 Å². The van der Waals surface area contributed by atoms with Crippen LogP contribution in [0, 0.1) is 15.5 Å². The number of hydrogen-bond acceptors (Lipinski definition) is 5. The summed E-state index contributed by atoms with van der Waals surface area (Å²) in [5.74, 6) is -1.24. The van der Waals surface area contributed by atoms with Crippen LogP contribution in [0.5, 0.6) is 0 Å². The molecule has 0 aromatic heterocycles. The number of carbonyl (C=O) groups is 1. The van der Waals surface area contributed by atoms with Gasteiger partial charge in [0.2, 0.25) is 0 Å². The number of anilines is 1. The predicted octanol–water partition coefficient (Wildman–Crippen LogP) is 2.50. The smallest absolute Gasteiger partial charge is 0.338 e. The molecule has 0 fully saturated rings. The van der Waals surface area contributed by atoms with Crippen LogP contribution in [0.1, 0.15) is 37.6 Å². The van der Waals surface area contributed by atoms with E-state index in [1.807, 2.05) is 20.8 Å². The van der Waals surface area contributed by atoms with E-state index in [0.29, 0.717) is 6.42 Å². The van der Waals surface area contributed by atoms with Gasteiger partial charge in [0.1, 0.15) is 5.69 Å². The fourth-order valence-electron chi connectivity index (χ4n) is 2.05. The van der Waals surface area contributed by atoms with E-state index in [2.05, 4.69) is 5.32 Å². The molecule has 0 saturated heterocycles. The Kier molecular flexibility index (Phi) is 5.26. The molecule has 0 bridgehead atoms. The van der Waals surface area contributed by atoms with Crippen molar-refractivity contribution >= 4 is 17.3 Å². The van der Waals surface area contributed by atoms with Crippen LogP contribution in [0.15, 0.2) is 18.2 Å². The molecule has 1 unspecified atom stereocenters. The van der Waals surface area contributed by atoms with Crippen LogP contribution in [-0.2, 0) is 0 Å². The fourth-order valence-corrected chi connectivity index (χ4v) is 2.05. The molecule has 0 saturated carbocycles. The molecule has 0 heterocycles. The molecule has 1 rings (SSSR count). The van der Waals surface area contributed by atoms with Crippen LogP contribution in [0.3, 0.4) is 0 Å². The van der Waals surface area contributed by atoms with Gasteiger partial charge in [-0.05, 0) is 17.9 Å². The quantitative estimate of drug-likeness (QED) is 0.549. The van der Waals surface area contributed by atoms with Gasteiger partial charge in [0, 0.05) is 18.7 Å². The van der Waals surface area contributed by atoms with Crippen molar-refractivity contribution in [2.24, 2.45) is 5.41 Å². The lowest BCUT2D eigenvalue weighted by atomic mass is 9.84. The fraction of sp³-hybridized carbons (Fsp3) is 0.500. The van der Waals surface area contributed by atoms with E-state index in [1.165, 1.54) is 18.2 Å². The van der Waals surface area contributed by atoms with Gasteiger partial charge in [-0.3, -0.25) is 10.1 Å². The number of para-hydroxylation sites is 1. The highest BCUT2D eigenvalue weighted by Gasteiger charge is 2.29. The van der Waals surface area contributed by atoms with Gasteiger partial charge in [-0.25, -0.2) is 4.79 Å². The zero-order chi connectivity index (χ0) is 16.2. The number of aromatic carboxylic acids is 1. The highest BCUT2D eigenvalue weighted by Crippen LogP contribution is 2.33. The van der Waals surface area contributed by atoms with Crippen molar-refractivity contribution in [1.29, 1.82) is 0 Å². The summed E-state index contributed by atoms with van der Waals surface area (Å²) in [5, 5.41) is 32.4. The predicted molar refractivity (Wildman–Crippen MR) is 78.6 cm³/mol. The molecule has 0 aliphatic rings. The first-order valence-electron chi connectivity index (χ1n) is 6.56. The summed E-state index contributed by atoms with van der Waals surface area (Å²) in [5.41, 5.74) is -0.774. The number of aliphatic hydroxyl groups excluding tert-OH is 1. The van der Waals surface area contributed by atoms with Crippen molar-refractivity contribution in [2.45, 2.75) is 33.2 Å². The Balaban J connectivity index is 3.32. The molecule has 0 aliphatic heterocycles. The molecular formula is C14H20N2O5. The van der Waals surface area contributed by atoms with Gasteiger partial charge in [-0.15, -0.1) is 0 Å². The molecule has 1 atom stereocenters. The molecule has 0 aliphatic carbocycles. The number of nitro benzene ring substituents is 1. The maximum absolute atomic E-state index is 11.3. The van der Waals surface area contributed by atoms with E-state index in [0.717, 1.165) is 0 Å². The lowest BCUT2D eigenvalue weighted by Gasteiger charge is -2.32. The largest absolute Gasteiger partial charge is 0.478 e. The highest BCUT2D eigenvalue weighted by molar-refractivity contribution is 5.96. The maximum atomic E-state index is 11.3. The van der Waals surface area contributed by atoms with Crippen LogP contribution in [0.25, 0.3) is 0 Å². The molecular weight excluding hydrogens is 276 g/mol. The normalized spacial score (nSPS) is 12.8. The van der Waals surface area contributed by atoms with Crippen LogP contribution in [-0.4, -0.2) is 33.8 Å². The Morgan fingerprint density at radius 3 is 2.48 bits per heavy atom. The molecule has 0 radical (unpaired) electrons. The second-order valence-electron chi connectivity index (χ2n) is 5.84. The monoisotopic (exact) mass is 296 g/mol. The lowest BCUT2D eigenvalue weighted by molar-refractivity contribution is -0.384. The zero-order valence-corrected chi connectivity index (χ0v) is 12.3. The first-order chi connectivity index (χ1) is 9.68. The number of aliphatic hydroxyl groups is 1. The number of carboxylic acid groups (broad SMARTS) is 1. The van der Waals surface area contributed by atoms with Crippen molar-refractivity contribution in [2.75, 3.05) is 11.9 Å². The van der Waals surface area contributed by atoms with Crippen molar-refractivity contribution in [3.63, 3.8) is 0 Å². The van der Waals surface area contributed by atoms with Gasteiger partial charge < -0.3 is 15.5 Å². The second kappa shape index (κ2) is 6.53. The number of benzene rings is 1. The van der Waals surface area contributed by atoms with Crippen molar-refractivity contribution < 1.29 is 19.9 Å². The van der Waals surface area contributed by atoms with Crippen molar-refractivity contribution in [1.82, 2.24) is 0 Å². The Bertz CT molecular complexity index is 504. The summed E-state index contributed by atoms with van der Waals surface area (Å²) in [6, 6.07) is 3.61. The van der Waals surface area contributed by atoms with Crippen LogP contribution in [0.2, 0.25) is 0 Å². The standard InChI is InChI=1S/C14H20N2O5/c1-14(2,3)11(7-8-17)15-12-9(13(18)19)5-4-6-10(12)16(20)21/h4-6,11,15,17H,7-8H2,1-3H3,(H,18,19). The van der Waals surface area contributed by atoms with Crippen molar-refractivity contribution in [3.8, 4) is 0 Å². The number of rotatable bonds is 6. The second-order valence-corrected chi connectivity index (χ2v) is 5.84. The minimum atomic E-state index is -1.24. The number of nitrogens with zero attached hydrogens (tertiary/aromatic N) is 1. The van der Waals surface area contributed by atoms with Gasteiger partial charge in [0.25, 0.3) is 5.69 Å². The summed E-state index contributed by atoms with van der Waals surface area (Å²) >= 11 is 0. The lowest BCUT2D eigenvalue weighted by Crippen LogP contribution is -2.35. The molecule has 1 aromatic rings. The Hall–Kier alpha value is -2.15. The van der Waals surface area contributed by atoms with Crippen LogP contribution >= 0.6 is 0 Å². The average Bonchev–Trinajstić information content (AvgIpc) is 2.36. The number of nitrogens with one attached hydrogen (secondary N) is 1. The van der Waals surface area contributed by atoms with E-state index in [4.69, 9.17) is 5.11 Å². The first kappa shape index (κ1) is 16.9. The van der Waals surface area contributed by atoms with E-state index in [-0.39, 0.29) is 35.0 Å². The Labute approximate surface area is 122 Å². The Morgan fingerprint density at radius 2 is 2.05 bits per heavy atom. The van der Waals surface area contributed by atoms with Gasteiger partial charge >= 0.3 is 5.97 Å². The van der Waals surface area contributed by atoms with Crippen LogP contribution in [0.4, 0.5) is 11.4 Å². The topological polar surface area (TPSA) is 113 Å². The maximum Gasteiger partial charge on any atom is 0.338 e. The molecule has 21 heavy (non-hydrogen) atoms. The number of nitro groups is 1. The summed E-state index contributed by atoms with van der Waals surface area (Å²) < 4.78 is 0. The molecule has 7 nitrogen and oxygen atoms in total. The third kappa shape index (κ3) is 4.16. The minimum Gasteiger partial charge on any atom is -0.478 e. The average molecular weight is 296 g/mol. The molecule has 0 amide bonds. The number of carboxylic acids is 1. The summed E-state index contributed by atoms with van der Waals surface area (Å²) in [6.07, 6.45) is 0.356. The van der Waals surface area contributed by atoms with Gasteiger partial charge in [0.05, 0.1) is 10.5 Å². The molecule has 3 N–H and O–H groups in total. The summed E-state index contributed by atoms with van der Waals surface area (Å²) in [7, 11) is 0. The summed E-state index contributed by atoms with van der Waals surface area (Å²) in [6.45, 7) is 5.64. The molecule has 116 valence electrons. The third-order valence-electron chi connectivity index (χ3n) is 3.25. The van der Waals surface area contributed by atoms with Gasteiger partial charge in [-0.1, -0.05) is 26.8 Å². The zero-order valence-electron chi connectivity index (χ0n) is 12.3. The minimum absolute atomic E-state index is 0.0247. The highest BCUT2D eigenvalue weighted by atomic mass is 16.6. The SMILES string of the molecule is CC(C)(C)C(CCO)Nc1c(C(=O)O)cccc1[N+](=O)[O-]. The Morgan fingerprint density at radius 1 is 1.43 bits per heavy atom. The van der Waals surface area contributed by atoms with Gasteiger partial charge in [0.15, 0.2) is 0 Å². The van der Waals surface area contributed by atoms with Crippen LogP contribution < -0.4 is 5.32 Å². The summed E-state index contributed by atoms with van der Waals surface area (Å²) in [4.78, 5) is 21.8. The molecule has 0 spiro atoms. The van der Waals surface area contributed by atoms with E-state index in [1.54, 1.807) is 0 Å². The molecule has 1 aromatic carbocycles.